The van der Waals surface area contributed by atoms with Gasteiger partial charge in [0.25, 0.3) is 0 Å². The number of nitrogens with one attached hydrogen (secondary N) is 3. The summed E-state index contributed by atoms with van der Waals surface area (Å²) in [6, 6.07) is 14.6. The van der Waals surface area contributed by atoms with E-state index in [1.165, 1.54) is 6.33 Å². The fourth-order valence-corrected chi connectivity index (χ4v) is 8.58. The Kier molecular flexibility index (Phi) is 11.6. The van der Waals surface area contributed by atoms with E-state index in [9.17, 15) is 14.4 Å². The first-order chi connectivity index (χ1) is 29.2. The Morgan fingerprint density at radius 3 is 2.44 bits per heavy atom. The number of carbonyl (C=O) groups excluding carboxylic acids is 3. The lowest BCUT2D eigenvalue weighted by Crippen LogP contribution is -2.49. The van der Waals surface area contributed by atoms with Gasteiger partial charge in [-0.3, -0.25) is 29.4 Å². The van der Waals surface area contributed by atoms with Gasteiger partial charge in [0.15, 0.2) is 11.6 Å². The first kappa shape index (κ1) is 41.5. The van der Waals surface area contributed by atoms with Crippen molar-refractivity contribution in [3.05, 3.63) is 89.2 Å². The van der Waals surface area contributed by atoms with Gasteiger partial charge in [0.2, 0.25) is 5.91 Å². The molecule has 61 heavy (non-hydrogen) atoms. The van der Waals surface area contributed by atoms with E-state index in [4.69, 9.17) is 9.62 Å². The van der Waals surface area contributed by atoms with Crippen LogP contribution in [0.25, 0.3) is 11.3 Å². The van der Waals surface area contributed by atoms with Crippen molar-refractivity contribution in [2.24, 2.45) is 5.92 Å². The average molecular weight is 833 g/mol. The van der Waals surface area contributed by atoms with E-state index in [-0.39, 0.29) is 29.3 Å². The van der Waals surface area contributed by atoms with Gasteiger partial charge in [-0.2, -0.15) is 10.1 Å². The molecule has 16 nitrogen and oxygen atoms in total. The number of rotatable bonds is 11. The lowest BCUT2D eigenvalue weighted by atomic mass is 9.94. The zero-order chi connectivity index (χ0) is 43.0. The van der Waals surface area contributed by atoms with E-state index in [2.05, 4.69) is 75.7 Å². The Labute approximate surface area is 354 Å². The lowest BCUT2D eigenvalue weighted by molar-refractivity contribution is -0.120. The topological polar surface area (TPSA) is 180 Å². The summed E-state index contributed by atoms with van der Waals surface area (Å²) in [7, 11) is 0. The van der Waals surface area contributed by atoms with Crippen molar-refractivity contribution in [3.8, 4) is 11.3 Å². The molecule has 3 aromatic heterocycles. The second-order valence-corrected chi connectivity index (χ2v) is 17.2. The van der Waals surface area contributed by atoms with Crippen LogP contribution in [0, 0.1) is 18.7 Å². The third kappa shape index (κ3) is 8.83. The van der Waals surface area contributed by atoms with Crippen LogP contribution in [0.4, 0.5) is 32.2 Å². The second kappa shape index (κ2) is 17.0. The van der Waals surface area contributed by atoms with E-state index in [0.717, 1.165) is 69.1 Å². The monoisotopic (exact) mass is 832 g/mol. The SMILES string of the molecule is CCC1c2cc(Nc3cc(-c4ccc([C@@H](C)NC(=O)c5nc(C(C)(C)C)no5)c(C)c4F)ncn3)nn2CCN1CC1CCN(c2ccc(N3CCC(=O)NC3=O)cc2)CC1. The van der Waals surface area contributed by atoms with Gasteiger partial charge < -0.3 is 20.1 Å². The van der Waals surface area contributed by atoms with Crippen molar-refractivity contribution in [1.29, 1.82) is 0 Å². The van der Waals surface area contributed by atoms with Gasteiger partial charge >= 0.3 is 17.8 Å². The number of hydrogen-bond donors (Lipinski definition) is 3. The summed E-state index contributed by atoms with van der Waals surface area (Å²) in [5.74, 6) is 0.813. The number of hydrogen-bond acceptors (Lipinski definition) is 12. The van der Waals surface area contributed by atoms with Gasteiger partial charge in [-0.05, 0) is 80.5 Å². The Bertz CT molecular complexity index is 2420. The molecule has 2 saturated heterocycles. The molecular weight excluding hydrogens is 780 g/mol. The highest BCUT2D eigenvalue weighted by atomic mass is 19.1. The van der Waals surface area contributed by atoms with Crippen LogP contribution in [0.5, 0.6) is 0 Å². The minimum absolute atomic E-state index is 0.143. The zero-order valence-corrected chi connectivity index (χ0v) is 35.5. The highest BCUT2D eigenvalue weighted by Crippen LogP contribution is 2.35. The largest absolute Gasteiger partial charge is 0.372 e. The zero-order valence-electron chi connectivity index (χ0n) is 35.5. The first-order valence-electron chi connectivity index (χ1n) is 21.1. The van der Waals surface area contributed by atoms with Crippen molar-refractivity contribution >= 4 is 40.9 Å². The molecule has 0 aliphatic carbocycles. The summed E-state index contributed by atoms with van der Waals surface area (Å²) in [5.41, 5.74) is 4.44. The number of amides is 4. The summed E-state index contributed by atoms with van der Waals surface area (Å²) in [6.45, 7) is 16.5. The molecule has 0 bridgehead atoms. The van der Waals surface area contributed by atoms with Crippen LogP contribution in [-0.4, -0.2) is 85.4 Å². The Morgan fingerprint density at radius 2 is 1.74 bits per heavy atom. The van der Waals surface area contributed by atoms with Gasteiger partial charge in [0.1, 0.15) is 18.0 Å². The van der Waals surface area contributed by atoms with Gasteiger partial charge in [0, 0.05) is 73.6 Å². The highest BCUT2D eigenvalue weighted by Gasteiger charge is 2.32. The van der Waals surface area contributed by atoms with Gasteiger partial charge in [0.05, 0.1) is 30.0 Å². The van der Waals surface area contributed by atoms with Crippen LogP contribution < -0.4 is 25.8 Å². The standard InChI is InChI=1S/C44H53FN12O4/c1-7-34-35-23-37(52-57(35)21-20-55(34)24-28-14-17-54(18-15-28)29-8-10-30(11-9-29)56-19-16-38(58)50-43(56)60)49-36-22-33(46-25-47-36)32-13-12-31(26(2)39(32)45)27(3)48-40(59)41-51-42(53-61-41)44(4,5)6/h8-13,22-23,25,27-28,34H,7,14-21,24H2,1-6H3,(H,48,59)(H,50,58,60)(H,46,47,49,52)/t27-,34?/m1/s1. The fraction of sp³-hybridized carbons (Fsp3) is 0.455. The maximum Gasteiger partial charge on any atom is 0.328 e. The summed E-state index contributed by atoms with van der Waals surface area (Å²) >= 11 is 0. The second-order valence-electron chi connectivity index (χ2n) is 17.2. The van der Waals surface area contributed by atoms with Gasteiger partial charge in [-0.1, -0.05) is 38.9 Å². The molecule has 6 heterocycles. The van der Waals surface area contributed by atoms with E-state index in [1.807, 2.05) is 32.9 Å². The maximum atomic E-state index is 16.0. The molecule has 0 saturated carbocycles. The molecule has 3 aliphatic rings. The van der Waals surface area contributed by atoms with Crippen molar-refractivity contribution < 1.29 is 23.3 Å². The van der Waals surface area contributed by atoms with Gasteiger partial charge in [-0.25, -0.2) is 19.2 Å². The summed E-state index contributed by atoms with van der Waals surface area (Å²) < 4.78 is 23.3. The summed E-state index contributed by atoms with van der Waals surface area (Å²) in [4.78, 5) is 56.4. The predicted octanol–water partition coefficient (Wildman–Crippen LogP) is 6.83. The predicted molar refractivity (Wildman–Crippen MR) is 228 cm³/mol. The number of benzene rings is 2. The van der Waals surface area contributed by atoms with Crippen LogP contribution in [0.1, 0.15) is 106 Å². The number of imide groups is 1. The van der Waals surface area contributed by atoms with Crippen molar-refractivity contribution in [2.75, 3.05) is 47.8 Å². The van der Waals surface area contributed by atoms with Crippen molar-refractivity contribution in [3.63, 3.8) is 0 Å². The Morgan fingerprint density at radius 1 is 0.984 bits per heavy atom. The van der Waals surface area contributed by atoms with Crippen LogP contribution in [0.2, 0.25) is 0 Å². The quantitative estimate of drug-likeness (QED) is 0.127. The summed E-state index contributed by atoms with van der Waals surface area (Å²) in [6.07, 6.45) is 4.84. The molecular formula is C44H53FN12O4. The number of carbonyl (C=O) groups is 3. The highest BCUT2D eigenvalue weighted by molar-refractivity contribution is 6.05. The third-order valence-corrected chi connectivity index (χ3v) is 12.0. The molecule has 0 spiro atoms. The number of nitrogens with zero attached hydrogens (tertiary/aromatic N) is 9. The number of anilines is 4. The molecule has 17 heteroatoms. The molecule has 8 rings (SSSR count). The fourth-order valence-electron chi connectivity index (χ4n) is 8.58. The van der Waals surface area contributed by atoms with Crippen LogP contribution in [0.15, 0.2) is 59.4 Å². The number of halogens is 1. The molecule has 5 aromatic rings. The van der Waals surface area contributed by atoms with Gasteiger partial charge in [-0.15, -0.1) is 0 Å². The molecule has 0 radical (unpaired) electrons. The van der Waals surface area contributed by atoms with Crippen molar-refractivity contribution in [2.45, 2.75) is 91.3 Å². The molecule has 2 atom stereocenters. The van der Waals surface area contributed by atoms with E-state index >= 15 is 4.39 Å². The summed E-state index contributed by atoms with van der Waals surface area (Å²) in [5, 5.41) is 17.4. The smallest absolute Gasteiger partial charge is 0.328 e. The third-order valence-electron chi connectivity index (χ3n) is 12.0. The molecule has 320 valence electrons. The molecule has 4 amide bonds. The first-order valence-corrected chi connectivity index (χ1v) is 21.1. The van der Waals surface area contributed by atoms with Crippen LogP contribution in [0.3, 0.4) is 0 Å². The van der Waals surface area contributed by atoms with E-state index < -0.39 is 17.8 Å². The number of piperidine rings is 1. The Hall–Kier alpha value is -6.23. The molecule has 3 N–H and O–H groups in total. The molecule has 2 fully saturated rings. The normalized spacial score (nSPS) is 18.2. The Balaban J connectivity index is 0.872. The van der Waals surface area contributed by atoms with E-state index in [1.54, 1.807) is 36.9 Å². The maximum absolute atomic E-state index is 16.0. The number of fused-ring (bicyclic) bond motifs is 1. The van der Waals surface area contributed by atoms with Crippen molar-refractivity contribution in [1.82, 2.24) is 45.4 Å². The van der Waals surface area contributed by atoms with Crippen LogP contribution >= 0.6 is 0 Å². The molecule has 1 unspecified atom stereocenters. The minimum Gasteiger partial charge on any atom is -0.372 e. The molecule has 3 aliphatic heterocycles. The minimum atomic E-state index is -0.532. The van der Waals surface area contributed by atoms with E-state index in [0.29, 0.717) is 58.7 Å². The molecule has 2 aromatic carbocycles. The lowest BCUT2D eigenvalue weighted by Gasteiger charge is -2.40. The average Bonchev–Trinajstić information content (AvgIpc) is 3.91. The number of urea groups is 1. The number of aromatic nitrogens is 6. The van der Waals surface area contributed by atoms with Crippen LogP contribution in [-0.2, 0) is 16.8 Å².